The molecule has 0 spiro atoms. The van der Waals surface area contributed by atoms with Gasteiger partial charge in [0.15, 0.2) is 0 Å². The SMILES string of the molecule is O=C(NCCc1cccc(F)c1)Nc1cccc(OCC2CCCO2)c1. The highest BCUT2D eigenvalue weighted by atomic mass is 19.1. The molecule has 26 heavy (non-hydrogen) atoms. The molecule has 3 rings (SSSR count). The zero-order chi connectivity index (χ0) is 18.2. The van der Waals surface area contributed by atoms with Crippen LogP contribution in [0.3, 0.4) is 0 Å². The number of carbonyl (C=O) groups excluding carboxylic acids is 1. The van der Waals surface area contributed by atoms with Crippen LogP contribution in [-0.2, 0) is 11.2 Å². The smallest absolute Gasteiger partial charge is 0.319 e. The van der Waals surface area contributed by atoms with Crippen LogP contribution >= 0.6 is 0 Å². The van der Waals surface area contributed by atoms with Crippen molar-refractivity contribution in [2.75, 3.05) is 25.1 Å². The number of nitrogens with one attached hydrogen (secondary N) is 2. The maximum absolute atomic E-state index is 13.1. The summed E-state index contributed by atoms with van der Waals surface area (Å²) in [5.41, 5.74) is 1.49. The normalized spacial score (nSPS) is 16.3. The minimum absolute atomic E-state index is 0.151. The Hall–Kier alpha value is -2.60. The highest BCUT2D eigenvalue weighted by molar-refractivity contribution is 5.89. The van der Waals surface area contributed by atoms with Gasteiger partial charge in [-0.15, -0.1) is 0 Å². The first-order valence-electron chi connectivity index (χ1n) is 8.83. The molecule has 1 unspecified atom stereocenters. The number of benzene rings is 2. The molecule has 0 radical (unpaired) electrons. The molecule has 1 fully saturated rings. The van der Waals surface area contributed by atoms with Crippen LogP contribution in [0, 0.1) is 5.82 Å². The van der Waals surface area contributed by atoms with Gasteiger partial charge in [0, 0.05) is 24.9 Å². The molecule has 0 bridgehead atoms. The van der Waals surface area contributed by atoms with E-state index in [1.807, 2.05) is 18.2 Å². The van der Waals surface area contributed by atoms with Crippen molar-refractivity contribution < 1.29 is 18.7 Å². The van der Waals surface area contributed by atoms with Crippen LogP contribution in [0.15, 0.2) is 48.5 Å². The molecule has 1 heterocycles. The lowest BCUT2D eigenvalue weighted by Crippen LogP contribution is -2.30. The maximum Gasteiger partial charge on any atom is 0.319 e. The molecular weight excluding hydrogens is 335 g/mol. The summed E-state index contributed by atoms with van der Waals surface area (Å²) in [6.45, 7) is 1.74. The molecule has 1 saturated heterocycles. The van der Waals surface area contributed by atoms with Crippen LogP contribution in [0.5, 0.6) is 5.75 Å². The number of ether oxygens (including phenoxy) is 2. The topological polar surface area (TPSA) is 59.6 Å². The van der Waals surface area contributed by atoms with Crippen LogP contribution in [0.4, 0.5) is 14.9 Å². The number of carbonyl (C=O) groups is 1. The molecule has 1 aliphatic rings. The fourth-order valence-electron chi connectivity index (χ4n) is 2.82. The van der Waals surface area contributed by atoms with Crippen molar-refractivity contribution >= 4 is 11.7 Å². The average molecular weight is 358 g/mol. The van der Waals surface area contributed by atoms with E-state index in [1.165, 1.54) is 12.1 Å². The molecule has 1 aliphatic heterocycles. The van der Waals surface area contributed by atoms with Crippen molar-refractivity contribution in [2.24, 2.45) is 0 Å². The summed E-state index contributed by atoms with van der Waals surface area (Å²) in [4.78, 5) is 12.0. The molecule has 1 atom stereocenters. The van der Waals surface area contributed by atoms with Crippen molar-refractivity contribution in [2.45, 2.75) is 25.4 Å². The number of hydrogen-bond acceptors (Lipinski definition) is 3. The lowest BCUT2D eigenvalue weighted by Gasteiger charge is -2.13. The Morgan fingerprint density at radius 3 is 2.92 bits per heavy atom. The molecule has 2 aromatic rings. The molecule has 2 aromatic carbocycles. The van der Waals surface area contributed by atoms with Crippen LogP contribution in [-0.4, -0.2) is 31.9 Å². The lowest BCUT2D eigenvalue weighted by atomic mass is 10.1. The summed E-state index contributed by atoms with van der Waals surface area (Å²) in [7, 11) is 0. The summed E-state index contributed by atoms with van der Waals surface area (Å²) in [6.07, 6.45) is 2.81. The molecule has 5 nitrogen and oxygen atoms in total. The largest absolute Gasteiger partial charge is 0.491 e. The van der Waals surface area contributed by atoms with Crippen LogP contribution < -0.4 is 15.4 Å². The zero-order valence-electron chi connectivity index (χ0n) is 14.5. The first-order valence-corrected chi connectivity index (χ1v) is 8.83. The number of hydrogen-bond donors (Lipinski definition) is 2. The Morgan fingerprint density at radius 2 is 2.12 bits per heavy atom. The Bertz CT molecular complexity index is 733. The van der Waals surface area contributed by atoms with Gasteiger partial charge in [0.2, 0.25) is 0 Å². The van der Waals surface area contributed by atoms with Gasteiger partial charge in [0.25, 0.3) is 0 Å². The van der Waals surface area contributed by atoms with Gasteiger partial charge >= 0.3 is 6.03 Å². The summed E-state index contributed by atoms with van der Waals surface area (Å²) >= 11 is 0. The van der Waals surface area contributed by atoms with Gasteiger partial charge in [0.05, 0.1) is 6.10 Å². The standard InChI is InChI=1S/C20H23FN2O3/c21-16-5-1-4-15(12-16)9-10-22-20(24)23-17-6-2-7-18(13-17)26-14-19-8-3-11-25-19/h1-2,4-7,12-13,19H,3,8-11,14H2,(H2,22,23,24). The minimum Gasteiger partial charge on any atom is -0.491 e. The fraction of sp³-hybridized carbons (Fsp3) is 0.350. The quantitative estimate of drug-likeness (QED) is 0.792. The molecule has 6 heteroatoms. The van der Waals surface area contributed by atoms with E-state index >= 15 is 0 Å². The minimum atomic E-state index is -0.308. The number of urea groups is 1. The fourth-order valence-corrected chi connectivity index (χ4v) is 2.82. The monoisotopic (exact) mass is 358 g/mol. The van der Waals surface area contributed by atoms with Gasteiger partial charge < -0.3 is 20.1 Å². The highest BCUT2D eigenvalue weighted by Crippen LogP contribution is 2.19. The second-order valence-corrected chi connectivity index (χ2v) is 6.23. The van der Waals surface area contributed by atoms with E-state index in [0.717, 1.165) is 25.0 Å². The summed E-state index contributed by atoms with van der Waals surface area (Å²) in [6, 6.07) is 13.3. The van der Waals surface area contributed by atoms with Crippen molar-refractivity contribution in [3.8, 4) is 5.75 Å². The Balaban J connectivity index is 1.42. The second kappa shape index (κ2) is 9.20. The molecule has 2 N–H and O–H groups in total. The second-order valence-electron chi connectivity index (χ2n) is 6.23. The van der Waals surface area contributed by atoms with E-state index in [9.17, 15) is 9.18 Å². The summed E-state index contributed by atoms with van der Waals surface area (Å²) in [5.74, 6) is 0.421. The molecule has 0 aliphatic carbocycles. The third kappa shape index (κ3) is 5.74. The highest BCUT2D eigenvalue weighted by Gasteiger charge is 2.16. The van der Waals surface area contributed by atoms with Gasteiger partial charge in [-0.2, -0.15) is 0 Å². The third-order valence-corrected chi connectivity index (χ3v) is 4.14. The van der Waals surface area contributed by atoms with E-state index in [2.05, 4.69) is 10.6 Å². The summed E-state index contributed by atoms with van der Waals surface area (Å²) < 4.78 is 24.4. The van der Waals surface area contributed by atoms with Crippen molar-refractivity contribution in [3.05, 3.63) is 59.9 Å². The van der Waals surface area contributed by atoms with E-state index in [0.29, 0.717) is 31.0 Å². The predicted molar refractivity (Wildman–Crippen MR) is 98.0 cm³/mol. The Labute approximate surface area is 152 Å². The van der Waals surface area contributed by atoms with E-state index in [1.54, 1.807) is 18.2 Å². The number of halogens is 1. The summed E-state index contributed by atoms with van der Waals surface area (Å²) in [5, 5.41) is 5.53. The predicted octanol–water partition coefficient (Wildman–Crippen LogP) is 3.75. The number of anilines is 1. The van der Waals surface area contributed by atoms with Crippen LogP contribution in [0.25, 0.3) is 0 Å². The van der Waals surface area contributed by atoms with E-state index in [4.69, 9.17) is 9.47 Å². The van der Waals surface area contributed by atoms with Crippen LogP contribution in [0.1, 0.15) is 18.4 Å². The van der Waals surface area contributed by atoms with Crippen molar-refractivity contribution in [3.63, 3.8) is 0 Å². The molecule has 2 amide bonds. The van der Waals surface area contributed by atoms with E-state index in [-0.39, 0.29) is 18.0 Å². The van der Waals surface area contributed by atoms with Crippen molar-refractivity contribution in [1.82, 2.24) is 5.32 Å². The first-order chi connectivity index (χ1) is 12.7. The average Bonchev–Trinajstić information content (AvgIpc) is 3.14. The lowest BCUT2D eigenvalue weighted by molar-refractivity contribution is 0.0680. The Kier molecular flexibility index (Phi) is 6.44. The molecule has 138 valence electrons. The van der Waals surface area contributed by atoms with Gasteiger partial charge in [-0.1, -0.05) is 18.2 Å². The van der Waals surface area contributed by atoms with Gasteiger partial charge in [-0.25, -0.2) is 9.18 Å². The molecule has 0 aromatic heterocycles. The zero-order valence-corrected chi connectivity index (χ0v) is 14.5. The van der Waals surface area contributed by atoms with E-state index < -0.39 is 0 Å². The maximum atomic E-state index is 13.1. The van der Waals surface area contributed by atoms with Crippen molar-refractivity contribution in [1.29, 1.82) is 0 Å². The first kappa shape index (κ1) is 18.2. The number of amides is 2. The van der Waals surface area contributed by atoms with Crippen LogP contribution in [0.2, 0.25) is 0 Å². The molecule has 0 saturated carbocycles. The number of rotatable bonds is 7. The molecular formula is C20H23FN2O3. The third-order valence-electron chi connectivity index (χ3n) is 4.14. The van der Waals surface area contributed by atoms with Gasteiger partial charge in [-0.3, -0.25) is 0 Å². The van der Waals surface area contributed by atoms with Gasteiger partial charge in [0.1, 0.15) is 18.2 Å². The Morgan fingerprint density at radius 1 is 1.23 bits per heavy atom. The van der Waals surface area contributed by atoms with Gasteiger partial charge in [-0.05, 0) is 49.1 Å².